The van der Waals surface area contributed by atoms with E-state index in [2.05, 4.69) is 25.3 Å². The molecule has 0 radical (unpaired) electrons. The van der Waals surface area contributed by atoms with Gasteiger partial charge in [0.05, 0.1) is 11.0 Å². The van der Waals surface area contributed by atoms with Crippen molar-refractivity contribution in [1.29, 1.82) is 0 Å². The van der Waals surface area contributed by atoms with E-state index in [0.29, 0.717) is 11.6 Å². The molecule has 0 atom stereocenters. The van der Waals surface area contributed by atoms with E-state index in [1.807, 2.05) is 24.3 Å². The van der Waals surface area contributed by atoms with E-state index < -0.39 is 0 Å². The summed E-state index contributed by atoms with van der Waals surface area (Å²) in [4.78, 5) is 8.45. The molecule has 1 N–H and O–H groups in total. The SMILES string of the molecule is c1ccc2[nH]c(-c3nnc4scnn34)nc2c1. The average molecular weight is 242 g/mol. The van der Waals surface area contributed by atoms with Gasteiger partial charge in [-0.25, -0.2) is 4.98 Å². The molecule has 4 rings (SSSR count). The molecular formula is C10H6N6S. The van der Waals surface area contributed by atoms with E-state index in [4.69, 9.17) is 0 Å². The minimum Gasteiger partial charge on any atom is -0.335 e. The van der Waals surface area contributed by atoms with E-state index in [1.165, 1.54) is 11.3 Å². The highest BCUT2D eigenvalue weighted by atomic mass is 32.1. The Kier molecular flexibility index (Phi) is 1.61. The maximum absolute atomic E-state index is 4.47. The lowest BCUT2D eigenvalue weighted by molar-refractivity contribution is 0.953. The summed E-state index contributed by atoms with van der Waals surface area (Å²) < 4.78 is 1.68. The number of aromatic amines is 1. The highest BCUT2D eigenvalue weighted by molar-refractivity contribution is 7.14. The normalized spacial score (nSPS) is 11.5. The highest BCUT2D eigenvalue weighted by Gasteiger charge is 2.13. The smallest absolute Gasteiger partial charge is 0.234 e. The van der Waals surface area contributed by atoms with Crippen LogP contribution in [0.15, 0.2) is 29.8 Å². The number of H-pyrrole nitrogens is 1. The molecule has 3 aromatic heterocycles. The third kappa shape index (κ3) is 1.19. The first kappa shape index (κ1) is 8.82. The quantitative estimate of drug-likeness (QED) is 0.551. The van der Waals surface area contributed by atoms with Gasteiger partial charge in [-0.3, -0.25) is 0 Å². The van der Waals surface area contributed by atoms with Crippen molar-refractivity contribution in [2.75, 3.05) is 0 Å². The number of hydrogen-bond acceptors (Lipinski definition) is 5. The van der Waals surface area contributed by atoms with Gasteiger partial charge in [0.2, 0.25) is 10.8 Å². The van der Waals surface area contributed by atoms with Crippen molar-refractivity contribution in [3.63, 3.8) is 0 Å². The van der Waals surface area contributed by atoms with Gasteiger partial charge in [0.15, 0.2) is 5.82 Å². The molecule has 0 saturated carbocycles. The van der Waals surface area contributed by atoms with E-state index in [9.17, 15) is 0 Å². The van der Waals surface area contributed by atoms with Gasteiger partial charge in [-0.05, 0) is 12.1 Å². The summed E-state index contributed by atoms with van der Waals surface area (Å²) in [6.45, 7) is 0. The van der Waals surface area contributed by atoms with Crippen LogP contribution in [0, 0.1) is 0 Å². The lowest BCUT2D eigenvalue weighted by Crippen LogP contribution is -1.90. The Bertz CT molecular complexity index is 777. The lowest BCUT2D eigenvalue weighted by atomic mass is 10.3. The number of benzene rings is 1. The molecule has 0 unspecified atom stereocenters. The van der Waals surface area contributed by atoms with Crippen LogP contribution >= 0.6 is 11.3 Å². The zero-order chi connectivity index (χ0) is 11.2. The number of fused-ring (bicyclic) bond motifs is 2. The molecule has 0 aliphatic carbocycles. The van der Waals surface area contributed by atoms with Crippen molar-refractivity contribution >= 4 is 27.3 Å². The number of para-hydroxylation sites is 2. The second kappa shape index (κ2) is 3.11. The molecule has 82 valence electrons. The van der Waals surface area contributed by atoms with Crippen molar-refractivity contribution in [1.82, 2.24) is 29.8 Å². The van der Waals surface area contributed by atoms with Gasteiger partial charge in [0.1, 0.15) is 5.51 Å². The number of nitrogens with zero attached hydrogens (tertiary/aromatic N) is 5. The fraction of sp³-hybridized carbons (Fsp3) is 0. The fourth-order valence-corrected chi connectivity index (χ4v) is 2.32. The zero-order valence-electron chi connectivity index (χ0n) is 8.53. The maximum Gasteiger partial charge on any atom is 0.234 e. The molecule has 0 saturated heterocycles. The van der Waals surface area contributed by atoms with Gasteiger partial charge in [0.25, 0.3) is 0 Å². The van der Waals surface area contributed by atoms with E-state index >= 15 is 0 Å². The minimum atomic E-state index is 0.637. The molecule has 0 fully saturated rings. The topological polar surface area (TPSA) is 71.8 Å². The van der Waals surface area contributed by atoms with Crippen LogP contribution in [0.5, 0.6) is 0 Å². The first-order valence-electron chi connectivity index (χ1n) is 5.02. The molecule has 0 amide bonds. The minimum absolute atomic E-state index is 0.637. The van der Waals surface area contributed by atoms with Gasteiger partial charge < -0.3 is 4.98 Å². The summed E-state index contributed by atoms with van der Waals surface area (Å²) in [6, 6.07) is 7.85. The summed E-state index contributed by atoms with van der Waals surface area (Å²) in [5.41, 5.74) is 3.62. The van der Waals surface area contributed by atoms with Crippen molar-refractivity contribution in [3.8, 4) is 11.6 Å². The van der Waals surface area contributed by atoms with Crippen molar-refractivity contribution in [3.05, 3.63) is 29.8 Å². The van der Waals surface area contributed by atoms with Crippen LogP contribution < -0.4 is 0 Å². The van der Waals surface area contributed by atoms with Gasteiger partial charge in [-0.15, -0.1) is 10.2 Å². The van der Waals surface area contributed by atoms with E-state index in [-0.39, 0.29) is 0 Å². The number of nitrogens with one attached hydrogen (secondary N) is 1. The van der Waals surface area contributed by atoms with E-state index in [1.54, 1.807) is 10.0 Å². The predicted octanol–water partition coefficient (Wildman–Crippen LogP) is 1.73. The standard InChI is InChI=1S/C10H6N6S/c1-2-4-7-6(3-1)12-8(13-7)9-14-15-10-16(9)11-5-17-10/h1-5H,(H,12,13). The first-order chi connectivity index (χ1) is 8.42. The van der Waals surface area contributed by atoms with Crippen LogP contribution in [0.2, 0.25) is 0 Å². The summed E-state index contributed by atoms with van der Waals surface area (Å²) in [5.74, 6) is 1.32. The van der Waals surface area contributed by atoms with Gasteiger partial charge >= 0.3 is 0 Å². The Morgan fingerprint density at radius 3 is 3.06 bits per heavy atom. The largest absolute Gasteiger partial charge is 0.335 e. The Balaban J connectivity index is 2.02. The van der Waals surface area contributed by atoms with Crippen LogP contribution in [0.1, 0.15) is 0 Å². The molecular weight excluding hydrogens is 236 g/mol. The monoisotopic (exact) mass is 242 g/mol. The van der Waals surface area contributed by atoms with Crippen LogP contribution in [0.4, 0.5) is 0 Å². The Morgan fingerprint density at radius 1 is 1.18 bits per heavy atom. The Morgan fingerprint density at radius 2 is 2.12 bits per heavy atom. The molecule has 17 heavy (non-hydrogen) atoms. The van der Waals surface area contributed by atoms with Crippen LogP contribution in [0.3, 0.4) is 0 Å². The van der Waals surface area contributed by atoms with Crippen molar-refractivity contribution < 1.29 is 0 Å². The predicted molar refractivity (Wildman–Crippen MR) is 63.7 cm³/mol. The zero-order valence-corrected chi connectivity index (χ0v) is 9.35. The summed E-state index contributed by atoms with van der Waals surface area (Å²) in [7, 11) is 0. The molecule has 1 aromatic carbocycles. The highest BCUT2D eigenvalue weighted by Crippen LogP contribution is 2.19. The molecule has 0 aliphatic heterocycles. The van der Waals surface area contributed by atoms with Crippen LogP contribution in [-0.2, 0) is 0 Å². The van der Waals surface area contributed by atoms with Crippen molar-refractivity contribution in [2.24, 2.45) is 0 Å². The molecule has 0 aliphatic rings. The van der Waals surface area contributed by atoms with Crippen LogP contribution in [-0.4, -0.2) is 29.8 Å². The second-order valence-corrected chi connectivity index (χ2v) is 4.37. The van der Waals surface area contributed by atoms with Gasteiger partial charge in [0, 0.05) is 0 Å². The number of aromatic nitrogens is 6. The summed E-state index contributed by atoms with van der Waals surface area (Å²) in [6.07, 6.45) is 0. The molecule has 6 nitrogen and oxygen atoms in total. The van der Waals surface area contributed by atoms with Crippen molar-refractivity contribution in [2.45, 2.75) is 0 Å². The molecule has 3 heterocycles. The molecule has 0 bridgehead atoms. The molecule has 4 aromatic rings. The Hall–Kier alpha value is -2.28. The van der Waals surface area contributed by atoms with Gasteiger partial charge in [-0.2, -0.15) is 9.61 Å². The fourth-order valence-electron chi connectivity index (χ4n) is 1.77. The average Bonchev–Trinajstić information content (AvgIpc) is 3.02. The van der Waals surface area contributed by atoms with E-state index in [0.717, 1.165) is 16.0 Å². The maximum atomic E-state index is 4.47. The van der Waals surface area contributed by atoms with Crippen LogP contribution in [0.25, 0.3) is 27.6 Å². The third-order valence-electron chi connectivity index (χ3n) is 2.53. The number of hydrogen-bond donors (Lipinski definition) is 1. The lowest BCUT2D eigenvalue weighted by Gasteiger charge is -1.88. The summed E-state index contributed by atoms with van der Waals surface area (Å²) in [5, 5.41) is 12.3. The number of rotatable bonds is 1. The second-order valence-electron chi connectivity index (χ2n) is 3.56. The third-order valence-corrected chi connectivity index (χ3v) is 3.20. The Labute approximate surface area is 99.0 Å². The first-order valence-corrected chi connectivity index (χ1v) is 5.90. The summed E-state index contributed by atoms with van der Waals surface area (Å²) >= 11 is 1.45. The molecule has 7 heteroatoms. The van der Waals surface area contributed by atoms with Gasteiger partial charge in [-0.1, -0.05) is 23.5 Å². The molecule has 0 spiro atoms. The number of imidazole rings is 1.